The fourth-order valence-electron chi connectivity index (χ4n) is 2.97. The normalized spacial score (nSPS) is 41.0. The van der Waals surface area contributed by atoms with Crippen LogP contribution in [0.4, 0.5) is 0 Å². The number of piperidine rings is 1. The average molecular weight is 167 g/mol. The summed E-state index contributed by atoms with van der Waals surface area (Å²) >= 11 is 0. The summed E-state index contributed by atoms with van der Waals surface area (Å²) in [4.78, 5) is 2.71. The number of hydrogen-bond donors (Lipinski definition) is 0. The lowest BCUT2D eigenvalue weighted by Gasteiger charge is -2.33. The maximum absolute atomic E-state index is 2.71. The van der Waals surface area contributed by atoms with E-state index in [1.807, 2.05) is 0 Å². The first kappa shape index (κ1) is 8.55. The Hall–Kier alpha value is -0.0400. The van der Waals surface area contributed by atoms with Gasteiger partial charge < -0.3 is 0 Å². The minimum Gasteiger partial charge on any atom is -0.297 e. The van der Waals surface area contributed by atoms with Gasteiger partial charge >= 0.3 is 0 Å². The van der Waals surface area contributed by atoms with Gasteiger partial charge in [0.25, 0.3) is 0 Å². The van der Waals surface area contributed by atoms with Crippen LogP contribution in [0.3, 0.4) is 0 Å². The minimum atomic E-state index is 0.755. The fraction of sp³-hybridized carbons (Fsp3) is 1.00. The summed E-state index contributed by atoms with van der Waals surface area (Å²) in [7, 11) is 0. The predicted molar refractivity (Wildman–Crippen MR) is 52.1 cm³/mol. The van der Waals surface area contributed by atoms with E-state index in [0.717, 1.165) is 29.8 Å². The first-order valence-corrected chi connectivity index (χ1v) is 5.37. The third-order valence-corrected chi connectivity index (χ3v) is 3.59. The molecule has 0 bridgehead atoms. The van der Waals surface area contributed by atoms with Crippen LogP contribution < -0.4 is 0 Å². The van der Waals surface area contributed by atoms with E-state index in [1.165, 1.54) is 13.0 Å². The zero-order valence-electron chi connectivity index (χ0n) is 8.75. The number of hydrogen-bond acceptors (Lipinski definition) is 1. The van der Waals surface area contributed by atoms with Crippen molar-refractivity contribution >= 4 is 0 Å². The van der Waals surface area contributed by atoms with Crippen molar-refractivity contribution in [3.63, 3.8) is 0 Å². The fourth-order valence-corrected chi connectivity index (χ4v) is 2.97. The number of fused-ring (bicyclic) bond motifs is 1. The van der Waals surface area contributed by atoms with E-state index in [9.17, 15) is 0 Å². The Morgan fingerprint density at radius 3 is 2.25 bits per heavy atom. The summed E-state index contributed by atoms with van der Waals surface area (Å²) in [5.41, 5.74) is 0. The van der Waals surface area contributed by atoms with Crippen molar-refractivity contribution < 1.29 is 0 Å². The molecule has 3 atom stereocenters. The van der Waals surface area contributed by atoms with E-state index in [2.05, 4.69) is 32.6 Å². The third-order valence-electron chi connectivity index (χ3n) is 3.59. The Morgan fingerprint density at radius 1 is 1.17 bits per heavy atom. The second-order valence-corrected chi connectivity index (χ2v) is 5.18. The Bertz CT molecular complexity index is 174. The summed E-state index contributed by atoms with van der Waals surface area (Å²) in [6.07, 6.45) is 1.52. The van der Waals surface area contributed by atoms with Gasteiger partial charge in [-0.3, -0.25) is 4.90 Å². The molecule has 3 unspecified atom stereocenters. The molecule has 2 rings (SSSR count). The lowest BCUT2D eigenvalue weighted by molar-refractivity contribution is 0.138. The van der Waals surface area contributed by atoms with Crippen molar-refractivity contribution in [2.45, 2.75) is 46.2 Å². The quantitative estimate of drug-likeness (QED) is 0.610. The zero-order valence-corrected chi connectivity index (χ0v) is 8.75. The number of likely N-dealkylation sites (tertiary alicyclic amines) is 1. The Balaban J connectivity index is 2.06. The Labute approximate surface area is 76.1 Å². The molecular weight excluding hydrogens is 146 g/mol. The number of nitrogens with zero attached hydrogens (tertiary/aromatic N) is 1. The van der Waals surface area contributed by atoms with Crippen LogP contribution in [0.5, 0.6) is 0 Å². The molecule has 12 heavy (non-hydrogen) atoms. The molecule has 1 aliphatic heterocycles. The van der Waals surface area contributed by atoms with Gasteiger partial charge in [0.1, 0.15) is 0 Å². The van der Waals surface area contributed by atoms with Crippen LogP contribution in [-0.4, -0.2) is 23.5 Å². The minimum absolute atomic E-state index is 0.755. The van der Waals surface area contributed by atoms with Gasteiger partial charge in [0.05, 0.1) is 0 Å². The molecule has 0 radical (unpaired) electrons. The van der Waals surface area contributed by atoms with Gasteiger partial charge in [0.15, 0.2) is 0 Å². The highest BCUT2D eigenvalue weighted by Crippen LogP contribution is 2.52. The van der Waals surface area contributed by atoms with Crippen LogP contribution in [0, 0.1) is 17.8 Å². The maximum atomic E-state index is 2.71. The lowest BCUT2D eigenvalue weighted by Crippen LogP contribution is -2.41. The van der Waals surface area contributed by atoms with Crippen molar-refractivity contribution in [3.8, 4) is 0 Å². The molecule has 0 aromatic carbocycles. The lowest BCUT2D eigenvalue weighted by atomic mass is 9.99. The van der Waals surface area contributed by atoms with E-state index in [1.54, 1.807) is 0 Å². The van der Waals surface area contributed by atoms with Crippen LogP contribution in [0.2, 0.25) is 0 Å². The highest BCUT2D eigenvalue weighted by Gasteiger charge is 2.53. The topological polar surface area (TPSA) is 3.24 Å². The number of rotatable bonds is 2. The molecule has 1 saturated heterocycles. The van der Waals surface area contributed by atoms with Crippen LogP contribution in [0.25, 0.3) is 0 Å². The van der Waals surface area contributed by atoms with Gasteiger partial charge in [-0.05, 0) is 38.0 Å². The molecular formula is C11H21N. The van der Waals surface area contributed by atoms with Gasteiger partial charge in [-0.15, -0.1) is 0 Å². The average Bonchev–Trinajstić information content (AvgIpc) is 2.60. The molecule has 1 saturated carbocycles. The molecule has 2 aliphatic rings. The van der Waals surface area contributed by atoms with E-state index in [-0.39, 0.29) is 0 Å². The van der Waals surface area contributed by atoms with Gasteiger partial charge in [-0.1, -0.05) is 13.8 Å². The van der Waals surface area contributed by atoms with Crippen LogP contribution in [0.1, 0.15) is 34.1 Å². The van der Waals surface area contributed by atoms with Crippen molar-refractivity contribution in [2.75, 3.05) is 6.54 Å². The molecule has 0 spiro atoms. The van der Waals surface area contributed by atoms with Gasteiger partial charge in [-0.25, -0.2) is 0 Å². The van der Waals surface area contributed by atoms with Crippen LogP contribution in [-0.2, 0) is 0 Å². The molecule has 0 N–H and O–H groups in total. The van der Waals surface area contributed by atoms with Crippen LogP contribution in [0.15, 0.2) is 0 Å². The van der Waals surface area contributed by atoms with Crippen molar-refractivity contribution in [1.29, 1.82) is 0 Å². The standard InChI is InChI=1S/C11H21N/c1-7(2)11-10-5-9(10)6-12(11)8(3)4/h7-11H,5-6H2,1-4H3. The zero-order chi connectivity index (χ0) is 8.88. The predicted octanol–water partition coefficient (Wildman–Crippen LogP) is 2.37. The molecule has 0 amide bonds. The van der Waals surface area contributed by atoms with E-state index >= 15 is 0 Å². The van der Waals surface area contributed by atoms with Crippen LogP contribution >= 0.6 is 0 Å². The highest BCUT2D eigenvalue weighted by molar-refractivity contribution is 5.05. The van der Waals surface area contributed by atoms with Gasteiger partial charge in [-0.2, -0.15) is 0 Å². The molecule has 0 aromatic rings. The molecule has 1 heteroatoms. The first-order chi connectivity index (χ1) is 5.61. The smallest absolute Gasteiger partial charge is 0.0152 e. The SMILES string of the molecule is CC(C)C1C2CC2CN1C(C)C. The molecule has 70 valence electrons. The van der Waals surface area contributed by atoms with Crippen molar-refractivity contribution in [2.24, 2.45) is 17.8 Å². The molecule has 2 fully saturated rings. The second-order valence-electron chi connectivity index (χ2n) is 5.18. The highest BCUT2D eigenvalue weighted by atomic mass is 15.2. The van der Waals surface area contributed by atoms with Crippen molar-refractivity contribution in [3.05, 3.63) is 0 Å². The molecule has 1 nitrogen and oxygen atoms in total. The van der Waals surface area contributed by atoms with Crippen molar-refractivity contribution in [1.82, 2.24) is 4.90 Å². The first-order valence-electron chi connectivity index (χ1n) is 5.37. The summed E-state index contributed by atoms with van der Waals surface area (Å²) in [6.45, 7) is 10.8. The monoisotopic (exact) mass is 167 g/mol. The van der Waals surface area contributed by atoms with Gasteiger partial charge in [0, 0.05) is 18.6 Å². The molecule has 0 aromatic heterocycles. The Kier molecular flexibility index (Phi) is 1.95. The largest absolute Gasteiger partial charge is 0.297 e. The second kappa shape index (κ2) is 2.73. The van der Waals surface area contributed by atoms with E-state index < -0.39 is 0 Å². The third kappa shape index (κ3) is 1.19. The summed E-state index contributed by atoms with van der Waals surface area (Å²) in [6, 6.07) is 1.65. The summed E-state index contributed by atoms with van der Waals surface area (Å²) in [5, 5.41) is 0. The van der Waals surface area contributed by atoms with Gasteiger partial charge in [0.2, 0.25) is 0 Å². The summed E-state index contributed by atoms with van der Waals surface area (Å²) < 4.78 is 0. The summed E-state index contributed by atoms with van der Waals surface area (Å²) in [5.74, 6) is 2.98. The molecule has 1 aliphatic carbocycles. The molecule has 1 heterocycles. The Morgan fingerprint density at radius 2 is 1.83 bits per heavy atom. The maximum Gasteiger partial charge on any atom is 0.0152 e. The van der Waals surface area contributed by atoms with E-state index in [4.69, 9.17) is 0 Å². The van der Waals surface area contributed by atoms with E-state index in [0.29, 0.717) is 0 Å².